The summed E-state index contributed by atoms with van der Waals surface area (Å²) < 4.78 is 6.25. The summed E-state index contributed by atoms with van der Waals surface area (Å²) in [5.41, 5.74) is 2.48. The van der Waals surface area contributed by atoms with Gasteiger partial charge in [0.05, 0.1) is 5.69 Å². The number of ether oxygens (including phenoxy) is 1. The minimum atomic E-state index is -0.250. The van der Waals surface area contributed by atoms with E-state index in [1.54, 1.807) is 24.3 Å². The standard InChI is InChI=1S/C17H17BrN2O3/c1-11-3-8-16(15(18)9-11)20-17(22)10-23-14-6-4-13(5-7-14)19-12(2)21/h3-9H,10H2,1-2H3,(H,19,21)(H,20,22). The first-order chi connectivity index (χ1) is 10.9. The third-order valence-electron chi connectivity index (χ3n) is 2.94. The smallest absolute Gasteiger partial charge is 0.262 e. The van der Waals surface area contributed by atoms with Gasteiger partial charge in [-0.15, -0.1) is 0 Å². The van der Waals surface area contributed by atoms with Crippen molar-refractivity contribution in [2.24, 2.45) is 0 Å². The predicted molar refractivity (Wildman–Crippen MR) is 93.7 cm³/mol. The molecule has 0 saturated heterocycles. The van der Waals surface area contributed by atoms with Crippen molar-refractivity contribution in [1.82, 2.24) is 0 Å². The van der Waals surface area contributed by atoms with Crippen LogP contribution in [0.3, 0.4) is 0 Å². The molecule has 2 aromatic rings. The van der Waals surface area contributed by atoms with Crippen molar-refractivity contribution < 1.29 is 14.3 Å². The number of amides is 2. The molecule has 2 aromatic carbocycles. The van der Waals surface area contributed by atoms with Crippen LogP contribution in [0.4, 0.5) is 11.4 Å². The van der Waals surface area contributed by atoms with Gasteiger partial charge in [-0.3, -0.25) is 9.59 Å². The lowest BCUT2D eigenvalue weighted by atomic mass is 10.2. The Morgan fingerprint density at radius 2 is 1.78 bits per heavy atom. The zero-order valence-electron chi connectivity index (χ0n) is 12.9. The molecule has 23 heavy (non-hydrogen) atoms. The molecule has 0 atom stereocenters. The van der Waals surface area contributed by atoms with Crippen molar-refractivity contribution in [3.05, 3.63) is 52.5 Å². The number of hydrogen-bond acceptors (Lipinski definition) is 3. The maximum atomic E-state index is 11.9. The van der Waals surface area contributed by atoms with Gasteiger partial charge in [0.2, 0.25) is 5.91 Å². The molecular weight excluding hydrogens is 360 g/mol. The second-order valence-corrected chi connectivity index (χ2v) is 5.88. The van der Waals surface area contributed by atoms with Crippen molar-refractivity contribution in [3.8, 4) is 5.75 Å². The molecule has 0 heterocycles. The van der Waals surface area contributed by atoms with Gasteiger partial charge < -0.3 is 15.4 Å². The van der Waals surface area contributed by atoms with Gasteiger partial charge in [-0.1, -0.05) is 6.07 Å². The monoisotopic (exact) mass is 376 g/mol. The number of hydrogen-bond donors (Lipinski definition) is 2. The highest BCUT2D eigenvalue weighted by Gasteiger charge is 2.07. The first-order valence-corrected chi connectivity index (χ1v) is 7.80. The van der Waals surface area contributed by atoms with Crippen LogP contribution >= 0.6 is 15.9 Å². The lowest BCUT2D eigenvalue weighted by molar-refractivity contribution is -0.118. The van der Waals surface area contributed by atoms with E-state index in [0.29, 0.717) is 17.1 Å². The molecule has 0 unspecified atom stereocenters. The van der Waals surface area contributed by atoms with Crippen LogP contribution in [0.25, 0.3) is 0 Å². The van der Waals surface area contributed by atoms with Crippen molar-refractivity contribution >= 4 is 39.1 Å². The molecule has 120 valence electrons. The molecule has 0 aliphatic heterocycles. The normalized spacial score (nSPS) is 10.0. The molecule has 2 N–H and O–H groups in total. The maximum absolute atomic E-state index is 11.9. The fourth-order valence-corrected chi connectivity index (χ4v) is 2.49. The lowest BCUT2D eigenvalue weighted by Crippen LogP contribution is -2.20. The van der Waals surface area contributed by atoms with Crippen LogP contribution in [0.5, 0.6) is 5.75 Å². The number of rotatable bonds is 5. The summed E-state index contributed by atoms with van der Waals surface area (Å²) in [7, 11) is 0. The maximum Gasteiger partial charge on any atom is 0.262 e. The summed E-state index contributed by atoms with van der Waals surface area (Å²) in [5, 5.41) is 5.44. The molecule has 6 heteroatoms. The quantitative estimate of drug-likeness (QED) is 0.835. The third kappa shape index (κ3) is 5.41. The molecule has 0 aliphatic carbocycles. The molecule has 0 spiro atoms. The summed E-state index contributed by atoms with van der Waals surface area (Å²) in [5.74, 6) is 0.166. The second kappa shape index (κ2) is 7.78. The van der Waals surface area contributed by atoms with Crippen LogP contribution in [0.2, 0.25) is 0 Å². The Bertz CT molecular complexity index is 714. The Balaban J connectivity index is 1.87. The van der Waals surface area contributed by atoms with Crippen LogP contribution in [-0.4, -0.2) is 18.4 Å². The van der Waals surface area contributed by atoms with E-state index < -0.39 is 0 Å². The average molecular weight is 377 g/mol. The van der Waals surface area contributed by atoms with E-state index in [1.807, 2.05) is 25.1 Å². The van der Waals surface area contributed by atoms with Gasteiger partial charge in [0.15, 0.2) is 6.61 Å². The van der Waals surface area contributed by atoms with E-state index in [9.17, 15) is 9.59 Å². The number of halogens is 1. The van der Waals surface area contributed by atoms with Gasteiger partial charge >= 0.3 is 0 Å². The fourth-order valence-electron chi connectivity index (χ4n) is 1.89. The molecule has 2 rings (SSSR count). The van der Waals surface area contributed by atoms with E-state index in [1.165, 1.54) is 6.92 Å². The molecule has 0 bridgehead atoms. The van der Waals surface area contributed by atoms with Crippen molar-refractivity contribution in [2.45, 2.75) is 13.8 Å². The van der Waals surface area contributed by atoms with Crippen molar-refractivity contribution in [1.29, 1.82) is 0 Å². The number of aryl methyl sites for hydroxylation is 1. The minimum absolute atomic E-state index is 0.0974. The lowest BCUT2D eigenvalue weighted by Gasteiger charge is -2.10. The molecule has 5 nitrogen and oxygen atoms in total. The number of benzene rings is 2. The summed E-state index contributed by atoms with van der Waals surface area (Å²) in [6.45, 7) is 3.32. The Kier molecular flexibility index (Phi) is 5.76. The first kappa shape index (κ1) is 17.0. The van der Waals surface area contributed by atoms with Crippen LogP contribution in [0.15, 0.2) is 46.9 Å². The largest absolute Gasteiger partial charge is 0.484 e. The Morgan fingerprint density at radius 1 is 1.09 bits per heavy atom. The van der Waals surface area contributed by atoms with Gasteiger partial charge in [0.1, 0.15) is 5.75 Å². The van der Waals surface area contributed by atoms with Gasteiger partial charge in [-0.2, -0.15) is 0 Å². The van der Waals surface area contributed by atoms with Crippen LogP contribution in [-0.2, 0) is 9.59 Å². The highest BCUT2D eigenvalue weighted by Crippen LogP contribution is 2.23. The molecule has 0 fully saturated rings. The number of carbonyl (C=O) groups is 2. The molecule has 0 aromatic heterocycles. The van der Waals surface area contributed by atoms with E-state index in [-0.39, 0.29) is 18.4 Å². The first-order valence-electron chi connectivity index (χ1n) is 7.00. The van der Waals surface area contributed by atoms with Gasteiger partial charge in [-0.05, 0) is 64.8 Å². The summed E-state index contributed by atoms with van der Waals surface area (Å²) in [4.78, 5) is 22.9. The molecule has 0 aliphatic rings. The van der Waals surface area contributed by atoms with Crippen molar-refractivity contribution in [3.63, 3.8) is 0 Å². The zero-order chi connectivity index (χ0) is 16.8. The highest BCUT2D eigenvalue weighted by molar-refractivity contribution is 9.10. The zero-order valence-corrected chi connectivity index (χ0v) is 14.4. The van der Waals surface area contributed by atoms with Gasteiger partial charge in [0.25, 0.3) is 5.91 Å². The molecular formula is C17H17BrN2O3. The topological polar surface area (TPSA) is 67.4 Å². The van der Waals surface area contributed by atoms with E-state index in [4.69, 9.17) is 4.74 Å². The van der Waals surface area contributed by atoms with Gasteiger partial charge in [-0.25, -0.2) is 0 Å². The van der Waals surface area contributed by atoms with Gasteiger partial charge in [0, 0.05) is 17.1 Å². The Morgan fingerprint density at radius 3 is 2.39 bits per heavy atom. The molecule has 2 amide bonds. The predicted octanol–water partition coefficient (Wildman–Crippen LogP) is 3.73. The molecule has 0 saturated carbocycles. The van der Waals surface area contributed by atoms with E-state index in [2.05, 4.69) is 26.6 Å². The van der Waals surface area contributed by atoms with E-state index in [0.717, 1.165) is 10.0 Å². The van der Waals surface area contributed by atoms with E-state index >= 15 is 0 Å². The second-order valence-electron chi connectivity index (χ2n) is 5.03. The highest BCUT2D eigenvalue weighted by atomic mass is 79.9. The Hall–Kier alpha value is -2.34. The summed E-state index contributed by atoms with van der Waals surface area (Å²) >= 11 is 3.41. The number of nitrogens with one attached hydrogen (secondary N) is 2. The fraction of sp³-hybridized carbons (Fsp3) is 0.176. The van der Waals surface area contributed by atoms with Crippen LogP contribution in [0.1, 0.15) is 12.5 Å². The van der Waals surface area contributed by atoms with Crippen LogP contribution in [0, 0.1) is 6.92 Å². The molecule has 0 radical (unpaired) electrons. The SMILES string of the molecule is CC(=O)Nc1ccc(OCC(=O)Nc2ccc(C)cc2Br)cc1. The minimum Gasteiger partial charge on any atom is -0.484 e. The summed E-state index contributed by atoms with van der Waals surface area (Å²) in [6, 6.07) is 12.5. The average Bonchev–Trinajstić information content (AvgIpc) is 2.49. The Labute approximate surface area is 143 Å². The van der Waals surface area contributed by atoms with Crippen molar-refractivity contribution in [2.75, 3.05) is 17.2 Å². The third-order valence-corrected chi connectivity index (χ3v) is 3.60. The number of carbonyl (C=O) groups excluding carboxylic acids is 2. The summed E-state index contributed by atoms with van der Waals surface area (Å²) in [6.07, 6.45) is 0. The van der Waals surface area contributed by atoms with Crippen LogP contribution < -0.4 is 15.4 Å². The number of anilines is 2.